The summed E-state index contributed by atoms with van der Waals surface area (Å²) in [4.78, 5) is 0. The number of benzene rings is 2. The van der Waals surface area contributed by atoms with Crippen LogP contribution in [-0.2, 0) is 6.16 Å². The van der Waals surface area contributed by atoms with Crippen LogP contribution in [0.25, 0.3) is 0 Å². The molecule has 0 spiro atoms. The summed E-state index contributed by atoms with van der Waals surface area (Å²) in [6.07, 6.45) is 1.16. The third-order valence-electron chi connectivity index (χ3n) is 2.39. The normalized spacial score (nSPS) is 11.0. The fraction of sp³-hybridized carbons (Fsp3) is 0.143. The lowest BCUT2D eigenvalue weighted by Gasteiger charge is -2.02. The van der Waals surface area contributed by atoms with E-state index in [1.54, 1.807) is 0 Å². The highest BCUT2D eigenvalue weighted by Gasteiger charge is 1.94. The minimum Gasteiger partial charge on any atom is -0.0859 e. The van der Waals surface area contributed by atoms with Gasteiger partial charge >= 0.3 is 0 Å². The second-order valence-corrected chi connectivity index (χ2v) is 4.99. The lowest BCUT2D eigenvalue weighted by atomic mass is 10.2. The molecule has 2 aromatic rings. The second-order valence-electron chi connectivity index (χ2n) is 3.71. The van der Waals surface area contributed by atoms with Crippen LogP contribution >= 0.6 is 8.58 Å². The highest BCUT2D eigenvalue weighted by Crippen LogP contribution is 2.18. The molecule has 0 N–H and O–H groups in total. The zero-order chi connectivity index (χ0) is 10.5. The van der Waals surface area contributed by atoms with E-state index in [2.05, 4.69) is 61.5 Å². The van der Waals surface area contributed by atoms with Gasteiger partial charge in [0.2, 0.25) is 0 Å². The first-order chi connectivity index (χ1) is 7.34. The summed E-state index contributed by atoms with van der Waals surface area (Å²) >= 11 is 0. The Morgan fingerprint density at radius 3 is 2.20 bits per heavy atom. The van der Waals surface area contributed by atoms with E-state index < -0.39 is 0 Å². The maximum absolute atomic E-state index is 2.23. The van der Waals surface area contributed by atoms with Gasteiger partial charge in [-0.2, -0.15) is 0 Å². The highest BCUT2D eigenvalue weighted by molar-refractivity contribution is 7.46. The van der Waals surface area contributed by atoms with Gasteiger partial charge in [0, 0.05) is 0 Å². The van der Waals surface area contributed by atoms with Crippen LogP contribution in [0.3, 0.4) is 0 Å². The van der Waals surface area contributed by atoms with Crippen molar-refractivity contribution in [3.8, 4) is 0 Å². The van der Waals surface area contributed by atoms with Crippen LogP contribution < -0.4 is 5.30 Å². The fourth-order valence-corrected chi connectivity index (χ4v) is 2.54. The molecule has 0 saturated carbocycles. The van der Waals surface area contributed by atoms with Gasteiger partial charge in [-0.05, 0) is 24.0 Å². The molecule has 0 aliphatic carbocycles. The maximum atomic E-state index is 2.23. The van der Waals surface area contributed by atoms with Crippen molar-refractivity contribution in [2.24, 2.45) is 0 Å². The maximum Gasteiger partial charge on any atom is -0.00602 e. The Kier molecular flexibility index (Phi) is 3.53. The molecule has 0 aromatic heterocycles. The molecule has 1 atom stereocenters. The number of hydrogen-bond acceptors (Lipinski definition) is 0. The molecule has 0 nitrogen and oxygen atoms in total. The zero-order valence-electron chi connectivity index (χ0n) is 8.90. The molecule has 76 valence electrons. The van der Waals surface area contributed by atoms with Crippen molar-refractivity contribution in [1.82, 2.24) is 0 Å². The van der Waals surface area contributed by atoms with Crippen LogP contribution in [0.2, 0.25) is 0 Å². The third kappa shape index (κ3) is 3.18. The Bertz CT molecular complexity index is 403. The Labute approximate surface area is 93.1 Å². The molecular weight excluding hydrogens is 199 g/mol. The Morgan fingerprint density at radius 2 is 1.53 bits per heavy atom. The largest absolute Gasteiger partial charge is 0.0859 e. The molecule has 15 heavy (non-hydrogen) atoms. The standard InChI is InChI=1S/C14H15P/c1-12-7-9-13(10-8-12)11-15-14-5-3-2-4-6-14/h2-10,15H,11H2,1H3. The van der Waals surface area contributed by atoms with Crippen LogP contribution in [0.1, 0.15) is 11.1 Å². The summed E-state index contributed by atoms with van der Waals surface area (Å²) in [5, 5.41) is 1.44. The van der Waals surface area contributed by atoms with Gasteiger partial charge < -0.3 is 0 Å². The number of hydrogen-bond donors (Lipinski definition) is 0. The lowest BCUT2D eigenvalue weighted by Crippen LogP contribution is -1.92. The summed E-state index contributed by atoms with van der Waals surface area (Å²) in [6, 6.07) is 19.5. The van der Waals surface area contributed by atoms with Gasteiger partial charge in [-0.1, -0.05) is 68.7 Å². The third-order valence-corrected chi connectivity index (χ3v) is 3.72. The van der Waals surface area contributed by atoms with Gasteiger partial charge in [-0.15, -0.1) is 0 Å². The quantitative estimate of drug-likeness (QED) is 0.686. The Morgan fingerprint density at radius 1 is 0.867 bits per heavy atom. The molecule has 0 aliphatic rings. The predicted molar refractivity (Wildman–Crippen MR) is 69.3 cm³/mol. The van der Waals surface area contributed by atoms with Gasteiger partial charge in [-0.3, -0.25) is 0 Å². The van der Waals surface area contributed by atoms with Crippen LogP contribution in [0.5, 0.6) is 0 Å². The van der Waals surface area contributed by atoms with Gasteiger partial charge in [-0.25, -0.2) is 0 Å². The van der Waals surface area contributed by atoms with Gasteiger partial charge in [0.25, 0.3) is 0 Å². The molecule has 2 rings (SSSR count). The zero-order valence-corrected chi connectivity index (χ0v) is 9.90. The van der Waals surface area contributed by atoms with E-state index in [1.807, 2.05) is 0 Å². The summed E-state index contributed by atoms with van der Waals surface area (Å²) in [5.74, 6) is 0. The van der Waals surface area contributed by atoms with Crippen LogP contribution in [0.15, 0.2) is 54.6 Å². The average Bonchev–Trinajstić information content (AvgIpc) is 2.30. The SMILES string of the molecule is Cc1ccc(CPc2ccccc2)cc1. The van der Waals surface area contributed by atoms with E-state index in [9.17, 15) is 0 Å². The minimum absolute atomic E-state index is 0.879. The molecule has 1 heteroatoms. The number of aryl methyl sites for hydroxylation is 1. The predicted octanol–water partition coefficient (Wildman–Crippen LogP) is 3.50. The van der Waals surface area contributed by atoms with Crippen molar-refractivity contribution in [2.45, 2.75) is 13.1 Å². The van der Waals surface area contributed by atoms with E-state index >= 15 is 0 Å². The summed E-state index contributed by atoms with van der Waals surface area (Å²) < 4.78 is 0. The Hall–Kier alpha value is -1.13. The van der Waals surface area contributed by atoms with Crippen molar-refractivity contribution < 1.29 is 0 Å². The highest BCUT2D eigenvalue weighted by atomic mass is 31.1. The van der Waals surface area contributed by atoms with Crippen molar-refractivity contribution >= 4 is 13.9 Å². The van der Waals surface area contributed by atoms with Gasteiger partial charge in [0.15, 0.2) is 0 Å². The molecule has 0 aliphatic heterocycles. The smallest absolute Gasteiger partial charge is 0.00602 e. The van der Waals surface area contributed by atoms with Gasteiger partial charge in [0.05, 0.1) is 0 Å². The first kappa shape index (κ1) is 10.4. The molecule has 0 radical (unpaired) electrons. The van der Waals surface area contributed by atoms with E-state index in [4.69, 9.17) is 0 Å². The first-order valence-electron chi connectivity index (χ1n) is 5.19. The van der Waals surface area contributed by atoms with Gasteiger partial charge in [0.1, 0.15) is 0 Å². The fourth-order valence-electron chi connectivity index (χ4n) is 1.47. The topological polar surface area (TPSA) is 0 Å². The summed E-state index contributed by atoms with van der Waals surface area (Å²) in [7, 11) is 0.879. The van der Waals surface area contributed by atoms with Crippen molar-refractivity contribution in [1.29, 1.82) is 0 Å². The molecule has 0 amide bonds. The van der Waals surface area contributed by atoms with E-state index in [0.29, 0.717) is 0 Å². The van der Waals surface area contributed by atoms with Crippen LogP contribution in [-0.4, -0.2) is 0 Å². The van der Waals surface area contributed by atoms with E-state index in [-0.39, 0.29) is 0 Å². The monoisotopic (exact) mass is 214 g/mol. The molecule has 1 unspecified atom stereocenters. The van der Waals surface area contributed by atoms with E-state index in [1.165, 1.54) is 16.4 Å². The minimum atomic E-state index is 0.879. The summed E-state index contributed by atoms with van der Waals surface area (Å²) in [5.41, 5.74) is 2.77. The number of rotatable bonds is 3. The molecule has 0 fully saturated rings. The first-order valence-corrected chi connectivity index (χ1v) is 6.40. The van der Waals surface area contributed by atoms with Crippen LogP contribution in [0.4, 0.5) is 0 Å². The molecule has 0 saturated heterocycles. The summed E-state index contributed by atoms with van der Waals surface area (Å²) in [6.45, 7) is 2.13. The molecule has 0 heterocycles. The van der Waals surface area contributed by atoms with Crippen molar-refractivity contribution in [3.05, 3.63) is 65.7 Å². The van der Waals surface area contributed by atoms with E-state index in [0.717, 1.165) is 14.7 Å². The molecular formula is C14H15P. The molecule has 0 bridgehead atoms. The average molecular weight is 214 g/mol. The lowest BCUT2D eigenvalue weighted by molar-refractivity contribution is 1.36. The second kappa shape index (κ2) is 5.09. The Balaban J connectivity index is 1.96. The molecule has 2 aromatic carbocycles. The van der Waals surface area contributed by atoms with Crippen molar-refractivity contribution in [3.63, 3.8) is 0 Å². The van der Waals surface area contributed by atoms with Crippen molar-refractivity contribution in [2.75, 3.05) is 0 Å². The van der Waals surface area contributed by atoms with Crippen LogP contribution in [0, 0.1) is 6.92 Å².